The number of amides is 2. The van der Waals surface area contributed by atoms with Gasteiger partial charge in [0.05, 0.1) is 22.4 Å². The third kappa shape index (κ3) is 5.66. The number of rotatable bonds is 3. The van der Waals surface area contributed by atoms with Gasteiger partial charge in [0.25, 0.3) is 11.8 Å². The van der Waals surface area contributed by atoms with E-state index >= 15 is 0 Å². The van der Waals surface area contributed by atoms with Gasteiger partial charge in [0.1, 0.15) is 6.61 Å². The molecular weight excluding hydrogens is 442 g/mol. The molecule has 0 fully saturated rings. The fourth-order valence-electron chi connectivity index (χ4n) is 4.40. The second-order valence-electron chi connectivity index (χ2n) is 9.09. The maximum absolute atomic E-state index is 13.7. The van der Waals surface area contributed by atoms with Crippen molar-refractivity contribution in [2.45, 2.75) is 26.8 Å². The number of carbonyl (C=O) groups excluding carboxylic acids is 2. The highest BCUT2D eigenvalue weighted by molar-refractivity contribution is 5.98. The van der Waals surface area contributed by atoms with Crippen molar-refractivity contribution in [2.75, 3.05) is 51.8 Å². The van der Waals surface area contributed by atoms with Crippen molar-refractivity contribution in [2.24, 2.45) is 0 Å². The number of methoxy groups -OCH3 is 1. The van der Waals surface area contributed by atoms with Crippen LogP contribution < -0.4 is 4.90 Å². The lowest BCUT2D eigenvalue weighted by Gasteiger charge is -2.28. The van der Waals surface area contributed by atoms with Crippen LogP contribution in [0.5, 0.6) is 0 Å². The average Bonchev–Trinajstić information content (AvgIpc) is 2.87. The number of hydrogen-bond acceptors (Lipinski definition) is 6. The van der Waals surface area contributed by atoms with Gasteiger partial charge in [-0.15, -0.1) is 0 Å². The van der Waals surface area contributed by atoms with Crippen LogP contribution in [0, 0.1) is 13.8 Å². The smallest absolute Gasteiger partial charge is 0.254 e. The second-order valence-corrected chi connectivity index (χ2v) is 9.09. The summed E-state index contributed by atoms with van der Waals surface area (Å²) >= 11 is 0. The van der Waals surface area contributed by atoms with Gasteiger partial charge >= 0.3 is 0 Å². The zero-order valence-electron chi connectivity index (χ0n) is 21.0. The van der Waals surface area contributed by atoms with Gasteiger partial charge in [-0.3, -0.25) is 9.59 Å². The van der Waals surface area contributed by atoms with Gasteiger partial charge in [0.15, 0.2) is 0 Å². The molecule has 0 radical (unpaired) electrons. The van der Waals surface area contributed by atoms with Crippen molar-refractivity contribution in [3.05, 3.63) is 65.0 Å². The maximum Gasteiger partial charge on any atom is 0.254 e. The summed E-state index contributed by atoms with van der Waals surface area (Å²) in [6.07, 6.45) is 0.830. The molecule has 8 heteroatoms. The normalized spacial score (nSPS) is 15.5. The molecule has 0 unspecified atom stereocenters. The van der Waals surface area contributed by atoms with Crippen LogP contribution in [0.3, 0.4) is 0 Å². The Balaban J connectivity index is 1.70. The van der Waals surface area contributed by atoms with Crippen molar-refractivity contribution in [3.8, 4) is 0 Å². The number of nitrogens with zero attached hydrogens (tertiary/aromatic N) is 5. The molecule has 0 saturated carbocycles. The number of para-hydroxylation sites is 1. The minimum atomic E-state index is -0.0847. The summed E-state index contributed by atoms with van der Waals surface area (Å²) in [6, 6.07) is 13.3. The van der Waals surface area contributed by atoms with Gasteiger partial charge in [0, 0.05) is 44.5 Å². The van der Waals surface area contributed by atoms with Crippen molar-refractivity contribution in [1.82, 2.24) is 19.8 Å². The SMILES string of the molecule is COCC(=O)N1CCCN(C)CCN(C(=O)c2ccc3nc(C)c(C)nc3c2)Cc2ccccc21. The first-order valence-electron chi connectivity index (χ1n) is 12.0. The average molecular weight is 476 g/mol. The molecule has 2 aromatic carbocycles. The Bertz CT molecular complexity index is 1230. The predicted octanol–water partition coefficient (Wildman–Crippen LogP) is 3.20. The van der Waals surface area contributed by atoms with Gasteiger partial charge < -0.3 is 19.4 Å². The summed E-state index contributed by atoms with van der Waals surface area (Å²) in [7, 11) is 3.58. The molecule has 35 heavy (non-hydrogen) atoms. The van der Waals surface area contributed by atoms with E-state index < -0.39 is 0 Å². The highest BCUT2D eigenvalue weighted by atomic mass is 16.5. The Hall–Kier alpha value is -3.36. The third-order valence-corrected chi connectivity index (χ3v) is 6.50. The number of hydrogen-bond donors (Lipinski definition) is 0. The number of benzene rings is 2. The Morgan fingerprint density at radius 3 is 2.46 bits per heavy atom. The van der Waals surface area contributed by atoms with Crippen LogP contribution in [0.1, 0.15) is 33.7 Å². The van der Waals surface area contributed by atoms with E-state index in [0.717, 1.165) is 47.7 Å². The first-order chi connectivity index (χ1) is 16.9. The first kappa shape index (κ1) is 24.8. The van der Waals surface area contributed by atoms with Crippen molar-refractivity contribution >= 4 is 28.5 Å². The summed E-state index contributed by atoms with van der Waals surface area (Å²) in [5, 5.41) is 0. The molecule has 1 aliphatic heterocycles. The number of aryl methyl sites for hydroxylation is 2. The predicted molar refractivity (Wildman–Crippen MR) is 137 cm³/mol. The quantitative estimate of drug-likeness (QED) is 0.579. The molecule has 0 saturated heterocycles. The summed E-state index contributed by atoms with van der Waals surface area (Å²) in [5.74, 6) is -0.150. The molecule has 184 valence electrons. The van der Waals surface area contributed by atoms with Gasteiger partial charge in [0.2, 0.25) is 0 Å². The molecule has 4 rings (SSSR count). The zero-order chi connectivity index (χ0) is 24.9. The second kappa shape index (κ2) is 10.9. The van der Waals surface area contributed by atoms with E-state index in [-0.39, 0.29) is 18.4 Å². The van der Waals surface area contributed by atoms with Crippen LogP contribution in [0.4, 0.5) is 5.69 Å². The number of ether oxygens (including phenoxy) is 1. The molecule has 0 bridgehead atoms. The fraction of sp³-hybridized carbons (Fsp3) is 0.407. The number of aromatic nitrogens is 2. The van der Waals surface area contributed by atoms with Crippen LogP contribution in [-0.2, 0) is 16.1 Å². The lowest BCUT2D eigenvalue weighted by atomic mass is 10.1. The number of anilines is 1. The lowest BCUT2D eigenvalue weighted by molar-refractivity contribution is -0.122. The van der Waals surface area contributed by atoms with Gasteiger partial charge in [-0.1, -0.05) is 18.2 Å². The Morgan fingerprint density at radius 2 is 1.69 bits per heavy atom. The third-order valence-electron chi connectivity index (χ3n) is 6.50. The van der Waals surface area contributed by atoms with Gasteiger partial charge in [-0.05, 0) is 63.7 Å². The van der Waals surface area contributed by atoms with E-state index in [4.69, 9.17) is 4.74 Å². The van der Waals surface area contributed by atoms with E-state index in [2.05, 4.69) is 14.9 Å². The van der Waals surface area contributed by atoms with Crippen molar-refractivity contribution in [1.29, 1.82) is 0 Å². The molecule has 3 aromatic rings. The molecule has 0 spiro atoms. The largest absolute Gasteiger partial charge is 0.375 e. The van der Waals surface area contributed by atoms with E-state index in [1.54, 1.807) is 4.90 Å². The molecule has 1 aliphatic rings. The monoisotopic (exact) mass is 475 g/mol. The van der Waals surface area contributed by atoms with Crippen molar-refractivity contribution in [3.63, 3.8) is 0 Å². The lowest BCUT2D eigenvalue weighted by Crippen LogP contribution is -2.37. The molecule has 2 heterocycles. The fourth-order valence-corrected chi connectivity index (χ4v) is 4.40. The molecule has 2 amide bonds. The topological polar surface area (TPSA) is 78.9 Å². The van der Waals surface area contributed by atoms with Crippen LogP contribution in [-0.4, -0.2) is 78.5 Å². The van der Waals surface area contributed by atoms with Crippen LogP contribution in [0.15, 0.2) is 42.5 Å². The van der Waals surface area contributed by atoms with E-state index in [1.807, 2.05) is 68.3 Å². The summed E-state index contributed by atoms with van der Waals surface area (Å²) < 4.78 is 5.14. The number of likely N-dealkylation sites (N-methyl/N-ethyl adjacent to an activating group) is 1. The molecule has 0 atom stereocenters. The maximum atomic E-state index is 13.7. The molecule has 8 nitrogen and oxygen atoms in total. The molecular formula is C27H33N5O3. The molecule has 1 aromatic heterocycles. The first-order valence-corrected chi connectivity index (χ1v) is 12.0. The van der Waals surface area contributed by atoms with Gasteiger partial charge in [-0.2, -0.15) is 0 Å². The summed E-state index contributed by atoms with van der Waals surface area (Å²) in [5.41, 5.74) is 5.57. The Morgan fingerprint density at radius 1 is 0.943 bits per heavy atom. The number of fused-ring (bicyclic) bond motifs is 2. The van der Waals surface area contributed by atoms with E-state index in [0.29, 0.717) is 30.7 Å². The van der Waals surface area contributed by atoms with Crippen LogP contribution >= 0.6 is 0 Å². The van der Waals surface area contributed by atoms with E-state index in [9.17, 15) is 9.59 Å². The Kier molecular flexibility index (Phi) is 7.73. The van der Waals surface area contributed by atoms with Gasteiger partial charge in [-0.25, -0.2) is 9.97 Å². The minimum Gasteiger partial charge on any atom is -0.375 e. The minimum absolute atomic E-state index is 0.0177. The number of carbonyl (C=O) groups is 2. The summed E-state index contributed by atoms with van der Waals surface area (Å²) in [6.45, 7) is 7.01. The van der Waals surface area contributed by atoms with E-state index in [1.165, 1.54) is 7.11 Å². The standard InChI is InChI=1S/C27H33N5O3/c1-19-20(2)29-24-16-21(10-11-23(24)28-19)27(34)31-15-14-30(3)12-7-13-32(26(33)18-35-4)25-9-6-5-8-22(25)17-31/h5-6,8-11,16H,7,12-15,17-18H2,1-4H3. The zero-order valence-corrected chi connectivity index (χ0v) is 21.0. The van der Waals surface area contributed by atoms with Crippen molar-refractivity contribution < 1.29 is 14.3 Å². The highest BCUT2D eigenvalue weighted by Gasteiger charge is 2.24. The summed E-state index contributed by atoms with van der Waals surface area (Å²) in [4.78, 5) is 41.7. The molecule has 0 N–H and O–H groups in total. The Labute approximate surface area is 206 Å². The highest BCUT2D eigenvalue weighted by Crippen LogP contribution is 2.25. The molecule has 0 aliphatic carbocycles. The van der Waals surface area contributed by atoms with Crippen LogP contribution in [0.25, 0.3) is 11.0 Å². The van der Waals surface area contributed by atoms with Crippen LogP contribution in [0.2, 0.25) is 0 Å².